The molecule has 0 spiro atoms. The maximum atomic E-state index is 5.64. The molecule has 16 heavy (non-hydrogen) atoms. The molecule has 0 aliphatic rings. The van der Waals surface area contributed by atoms with Crippen LogP contribution in [0.15, 0.2) is 5.51 Å². The van der Waals surface area contributed by atoms with E-state index in [1.54, 1.807) is 11.3 Å². The number of nitrogens with zero attached hydrogens (tertiary/aromatic N) is 1. The normalized spacial score (nSPS) is 12.9. The number of rotatable bonds is 8. The summed E-state index contributed by atoms with van der Waals surface area (Å²) in [4.78, 5) is 5.61. The minimum absolute atomic E-state index is 0.305. The van der Waals surface area contributed by atoms with E-state index in [0.29, 0.717) is 6.04 Å². The van der Waals surface area contributed by atoms with Crippen LogP contribution in [0.1, 0.15) is 43.3 Å². The van der Waals surface area contributed by atoms with Crippen molar-refractivity contribution in [3.05, 3.63) is 16.1 Å². The summed E-state index contributed by atoms with van der Waals surface area (Å²) in [6, 6.07) is 0.305. The Labute approximate surface area is 102 Å². The third-order valence-corrected chi connectivity index (χ3v) is 3.42. The van der Waals surface area contributed by atoms with Gasteiger partial charge in [0.2, 0.25) is 0 Å². The van der Waals surface area contributed by atoms with E-state index in [9.17, 15) is 0 Å². The van der Waals surface area contributed by atoms with E-state index >= 15 is 0 Å². The molecule has 92 valence electrons. The Morgan fingerprint density at radius 2 is 2.25 bits per heavy atom. The van der Waals surface area contributed by atoms with Gasteiger partial charge < -0.3 is 10.1 Å². The maximum absolute atomic E-state index is 5.64. The van der Waals surface area contributed by atoms with Crippen LogP contribution in [0, 0.1) is 6.92 Å². The smallest absolute Gasteiger partial charge is 0.0798 e. The quantitative estimate of drug-likeness (QED) is 0.712. The Kier molecular flexibility index (Phi) is 6.61. The highest BCUT2D eigenvalue weighted by molar-refractivity contribution is 7.09. The molecule has 4 heteroatoms. The van der Waals surface area contributed by atoms with E-state index in [2.05, 4.69) is 31.1 Å². The number of aryl methyl sites for hydroxylation is 1. The van der Waals surface area contributed by atoms with E-state index in [1.807, 2.05) is 5.51 Å². The summed E-state index contributed by atoms with van der Waals surface area (Å²) in [5.41, 5.74) is 3.03. The largest absolute Gasteiger partial charge is 0.379 e. The van der Waals surface area contributed by atoms with Crippen molar-refractivity contribution in [3.8, 4) is 0 Å². The lowest BCUT2D eigenvalue weighted by atomic mass is 10.2. The summed E-state index contributed by atoms with van der Waals surface area (Å²) in [6.07, 6.45) is 2.21. The first kappa shape index (κ1) is 13.6. The number of hydrogen-bond acceptors (Lipinski definition) is 4. The molecule has 1 rings (SSSR count). The average Bonchev–Trinajstić information content (AvgIpc) is 2.70. The van der Waals surface area contributed by atoms with Gasteiger partial charge in [-0.2, -0.15) is 0 Å². The molecule has 1 atom stereocenters. The summed E-state index contributed by atoms with van der Waals surface area (Å²) in [7, 11) is 0. The van der Waals surface area contributed by atoms with Crippen LogP contribution in [0.2, 0.25) is 0 Å². The van der Waals surface area contributed by atoms with Crippen LogP contribution < -0.4 is 5.32 Å². The lowest BCUT2D eigenvalue weighted by molar-refractivity contribution is 0.112. The topological polar surface area (TPSA) is 34.1 Å². The van der Waals surface area contributed by atoms with Gasteiger partial charge in [-0.25, -0.2) is 4.98 Å². The van der Waals surface area contributed by atoms with Crippen molar-refractivity contribution in [1.82, 2.24) is 10.3 Å². The Morgan fingerprint density at radius 1 is 1.44 bits per heavy atom. The third-order valence-electron chi connectivity index (χ3n) is 2.37. The molecule has 0 saturated heterocycles. The lowest BCUT2D eigenvalue weighted by Gasteiger charge is -2.17. The van der Waals surface area contributed by atoms with Gasteiger partial charge in [-0.1, -0.05) is 13.8 Å². The van der Waals surface area contributed by atoms with Gasteiger partial charge in [0.25, 0.3) is 0 Å². The SMILES string of the molecule is CCCNC(COCCC)c1scnc1C. The first-order valence-electron chi connectivity index (χ1n) is 6.00. The van der Waals surface area contributed by atoms with E-state index in [-0.39, 0.29) is 0 Å². The Morgan fingerprint density at radius 3 is 2.81 bits per heavy atom. The fourth-order valence-electron chi connectivity index (χ4n) is 1.54. The van der Waals surface area contributed by atoms with Crippen LogP contribution in [0.3, 0.4) is 0 Å². The number of nitrogens with one attached hydrogen (secondary N) is 1. The van der Waals surface area contributed by atoms with Gasteiger partial charge in [-0.05, 0) is 26.3 Å². The van der Waals surface area contributed by atoms with Crippen LogP contribution in [-0.4, -0.2) is 24.7 Å². The molecule has 0 fully saturated rings. The summed E-state index contributed by atoms with van der Waals surface area (Å²) < 4.78 is 5.64. The third kappa shape index (κ3) is 4.20. The fourth-order valence-corrected chi connectivity index (χ4v) is 2.40. The lowest BCUT2D eigenvalue weighted by Crippen LogP contribution is -2.26. The number of hydrogen-bond donors (Lipinski definition) is 1. The molecule has 1 aromatic rings. The van der Waals surface area contributed by atoms with Crippen molar-refractivity contribution in [3.63, 3.8) is 0 Å². The Bertz CT molecular complexity index is 288. The zero-order chi connectivity index (χ0) is 11.8. The molecular formula is C12H22N2OS. The van der Waals surface area contributed by atoms with Crippen LogP contribution in [-0.2, 0) is 4.74 Å². The highest BCUT2D eigenvalue weighted by Crippen LogP contribution is 2.22. The van der Waals surface area contributed by atoms with Crippen LogP contribution in [0.5, 0.6) is 0 Å². The molecular weight excluding hydrogens is 220 g/mol. The molecule has 1 heterocycles. The fraction of sp³-hybridized carbons (Fsp3) is 0.750. The molecule has 1 unspecified atom stereocenters. The summed E-state index contributed by atoms with van der Waals surface area (Å²) in [5.74, 6) is 0. The minimum atomic E-state index is 0.305. The molecule has 1 aromatic heterocycles. The highest BCUT2D eigenvalue weighted by Gasteiger charge is 2.15. The van der Waals surface area contributed by atoms with Gasteiger partial charge in [0.15, 0.2) is 0 Å². The Hall–Kier alpha value is -0.450. The maximum Gasteiger partial charge on any atom is 0.0798 e. The second-order valence-corrected chi connectivity index (χ2v) is 4.77. The van der Waals surface area contributed by atoms with Gasteiger partial charge in [0.1, 0.15) is 0 Å². The zero-order valence-corrected chi connectivity index (χ0v) is 11.3. The van der Waals surface area contributed by atoms with E-state index < -0.39 is 0 Å². The summed E-state index contributed by atoms with van der Waals surface area (Å²) in [6.45, 7) is 8.98. The van der Waals surface area contributed by atoms with Crippen molar-refractivity contribution in [1.29, 1.82) is 0 Å². The van der Waals surface area contributed by atoms with E-state index in [1.165, 1.54) is 4.88 Å². The zero-order valence-electron chi connectivity index (χ0n) is 10.5. The van der Waals surface area contributed by atoms with Gasteiger partial charge in [-0.3, -0.25) is 0 Å². The van der Waals surface area contributed by atoms with Crippen molar-refractivity contribution in [2.75, 3.05) is 19.8 Å². The second-order valence-electron chi connectivity index (χ2n) is 3.88. The summed E-state index contributed by atoms with van der Waals surface area (Å²) >= 11 is 1.71. The average molecular weight is 242 g/mol. The number of ether oxygens (including phenoxy) is 1. The van der Waals surface area contributed by atoms with Crippen molar-refractivity contribution in [2.24, 2.45) is 0 Å². The Balaban J connectivity index is 2.53. The first-order valence-corrected chi connectivity index (χ1v) is 6.88. The van der Waals surface area contributed by atoms with E-state index in [4.69, 9.17) is 4.74 Å². The predicted octanol–water partition coefficient (Wildman–Crippen LogP) is 2.92. The summed E-state index contributed by atoms with van der Waals surface area (Å²) in [5, 5.41) is 3.52. The standard InChI is InChI=1S/C12H22N2OS/c1-4-6-13-11(8-15-7-5-2)12-10(3)14-9-16-12/h9,11,13H,4-8H2,1-3H3. The van der Waals surface area contributed by atoms with Crippen molar-refractivity contribution < 1.29 is 4.74 Å². The molecule has 0 aliphatic carbocycles. The molecule has 0 saturated carbocycles. The monoisotopic (exact) mass is 242 g/mol. The minimum Gasteiger partial charge on any atom is -0.379 e. The molecule has 0 bridgehead atoms. The second kappa shape index (κ2) is 7.76. The van der Waals surface area contributed by atoms with Crippen LogP contribution in [0.25, 0.3) is 0 Å². The molecule has 0 radical (unpaired) electrons. The van der Waals surface area contributed by atoms with Gasteiger partial charge >= 0.3 is 0 Å². The molecule has 3 nitrogen and oxygen atoms in total. The highest BCUT2D eigenvalue weighted by atomic mass is 32.1. The predicted molar refractivity (Wildman–Crippen MR) is 69.0 cm³/mol. The van der Waals surface area contributed by atoms with Gasteiger partial charge in [0, 0.05) is 11.5 Å². The van der Waals surface area contributed by atoms with Crippen LogP contribution >= 0.6 is 11.3 Å². The number of thiazole rings is 1. The van der Waals surface area contributed by atoms with Crippen molar-refractivity contribution >= 4 is 11.3 Å². The molecule has 0 aromatic carbocycles. The first-order chi connectivity index (χ1) is 7.79. The molecule has 1 N–H and O–H groups in total. The van der Waals surface area contributed by atoms with Crippen molar-refractivity contribution in [2.45, 2.75) is 39.7 Å². The van der Waals surface area contributed by atoms with Crippen LogP contribution in [0.4, 0.5) is 0 Å². The van der Waals surface area contributed by atoms with E-state index in [0.717, 1.165) is 38.3 Å². The molecule has 0 aliphatic heterocycles. The van der Waals surface area contributed by atoms with Gasteiger partial charge in [0.05, 0.1) is 23.9 Å². The number of aromatic nitrogens is 1. The van der Waals surface area contributed by atoms with Gasteiger partial charge in [-0.15, -0.1) is 11.3 Å². The molecule has 0 amide bonds.